The van der Waals surface area contributed by atoms with Crippen molar-refractivity contribution in [1.29, 1.82) is 0 Å². The molecule has 1 aliphatic heterocycles. The normalized spacial score (nSPS) is 20.8. The van der Waals surface area contributed by atoms with Crippen molar-refractivity contribution >= 4 is 15.9 Å². The zero-order chi connectivity index (χ0) is 14.5. The molecule has 1 aromatic rings. The van der Waals surface area contributed by atoms with Crippen molar-refractivity contribution in [2.75, 3.05) is 19.6 Å². The fraction of sp³-hybridized carbons (Fsp3) is 0.625. The molecule has 1 fully saturated rings. The second kappa shape index (κ2) is 7.55. The third-order valence-corrected chi connectivity index (χ3v) is 5.10. The average Bonchev–Trinajstić information content (AvgIpc) is 2.45. The monoisotopic (exact) mass is 340 g/mol. The van der Waals surface area contributed by atoms with Crippen LogP contribution >= 0.6 is 15.9 Å². The summed E-state index contributed by atoms with van der Waals surface area (Å²) in [7, 11) is 0. The lowest BCUT2D eigenvalue weighted by atomic mass is 9.92. The maximum atomic E-state index is 9.62. The Kier molecular flexibility index (Phi) is 6.02. The van der Waals surface area contributed by atoms with Crippen LogP contribution in [-0.2, 0) is 0 Å². The largest absolute Gasteiger partial charge is 0.393 e. The standard InChI is InChI=1S/C16H25BrN2O/c1-12(20)13-6-9-19(10-7-13)11-8-16(18)14-4-2-3-5-15(14)17/h2-5,12-13,16,20H,6-11,18H2,1H3. The van der Waals surface area contributed by atoms with Gasteiger partial charge >= 0.3 is 0 Å². The molecule has 3 N–H and O–H groups in total. The van der Waals surface area contributed by atoms with Crippen molar-refractivity contribution in [2.24, 2.45) is 11.7 Å². The van der Waals surface area contributed by atoms with E-state index in [1.54, 1.807) is 0 Å². The van der Waals surface area contributed by atoms with E-state index < -0.39 is 0 Å². The smallest absolute Gasteiger partial charge is 0.0541 e. The van der Waals surface area contributed by atoms with Crippen molar-refractivity contribution in [2.45, 2.75) is 38.3 Å². The topological polar surface area (TPSA) is 49.5 Å². The summed E-state index contributed by atoms with van der Waals surface area (Å²) in [6.07, 6.45) is 3.01. The van der Waals surface area contributed by atoms with Gasteiger partial charge in [-0.15, -0.1) is 0 Å². The fourth-order valence-electron chi connectivity index (χ4n) is 2.91. The SMILES string of the molecule is CC(O)C1CCN(CCC(N)c2ccccc2Br)CC1. The number of nitrogens with two attached hydrogens (primary N) is 1. The Morgan fingerprint density at radius 1 is 1.35 bits per heavy atom. The molecule has 0 saturated carbocycles. The van der Waals surface area contributed by atoms with E-state index in [-0.39, 0.29) is 12.1 Å². The molecule has 0 aromatic heterocycles. The minimum Gasteiger partial charge on any atom is -0.393 e. The van der Waals surface area contributed by atoms with Crippen LogP contribution in [0.15, 0.2) is 28.7 Å². The summed E-state index contributed by atoms with van der Waals surface area (Å²) < 4.78 is 1.10. The Hall–Kier alpha value is -0.420. The Bertz CT molecular complexity index is 417. The van der Waals surface area contributed by atoms with Crippen LogP contribution in [0.1, 0.15) is 37.8 Å². The van der Waals surface area contributed by atoms with Crippen molar-refractivity contribution in [1.82, 2.24) is 4.90 Å². The molecule has 2 unspecified atom stereocenters. The number of nitrogens with zero attached hydrogens (tertiary/aromatic N) is 1. The first kappa shape index (κ1) is 16.0. The predicted molar refractivity (Wildman–Crippen MR) is 86.5 cm³/mol. The molecule has 0 spiro atoms. The van der Waals surface area contributed by atoms with Crippen molar-refractivity contribution < 1.29 is 5.11 Å². The molecule has 112 valence electrons. The van der Waals surface area contributed by atoms with E-state index in [0.29, 0.717) is 5.92 Å². The number of halogens is 1. The first-order valence-corrected chi connectivity index (χ1v) is 8.27. The first-order chi connectivity index (χ1) is 9.58. The molecule has 20 heavy (non-hydrogen) atoms. The number of rotatable bonds is 5. The minimum absolute atomic E-state index is 0.0834. The number of likely N-dealkylation sites (tertiary alicyclic amines) is 1. The van der Waals surface area contributed by atoms with Gasteiger partial charge in [0.25, 0.3) is 0 Å². The lowest BCUT2D eigenvalue weighted by Gasteiger charge is -2.33. The van der Waals surface area contributed by atoms with Crippen LogP contribution in [0.5, 0.6) is 0 Å². The van der Waals surface area contributed by atoms with Gasteiger partial charge in [-0.3, -0.25) is 0 Å². The number of aliphatic hydroxyl groups excluding tert-OH is 1. The van der Waals surface area contributed by atoms with Crippen LogP contribution in [0.25, 0.3) is 0 Å². The van der Waals surface area contributed by atoms with E-state index in [9.17, 15) is 5.11 Å². The van der Waals surface area contributed by atoms with E-state index in [1.165, 1.54) is 5.56 Å². The Labute approximate surface area is 130 Å². The molecule has 2 atom stereocenters. The van der Waals surface area contributed by atoms with E-state index in [0.717, 1.165) is 43.4 Å². The molecular weight excluding hydrogens is 316 g/mol. The number of hydrogen-bond donors (Lipinski definition) is 2. The molecule has 0 amide bonds. The highest BCUT2D eigenvalue weighted by Gasteiger charge is 2.22. The maximum Gasteiger partial charge on any atom is 0.0541 e. The first-order valence-electron chi connectivity index (χ1n) is 7.48. The van der Waals surface area contributed by atoms with Gasteiger partial charge < -0.3 is 15.7 Å². The predicted octanol–water partition coefficient (Wildman–Crippen LogP) is 2.93. The zero-order valence-electron chi connectivity index (χ0n) is 12.1. The van der Waals surface area contributed by atoms with Gasteiger partial charge in [-0.05, 0) is 63.4 Å². The second-order valence-electron chi connectivity index (χ2n) is 5.84. The van der Waals surface area contributed by atoms with E-state index in [4.69, 9.17) is 5.73 Å². The molecule has 1 saturated heterocycles. The Balaban J connectivity index is 1.78. The molecule has 0 bridgehead atoms. The molecule has 1 heterocycles. The van der Waals surface area contributed by atoms with Gasteiger partial charge in [-0.2, -0.15) is 0 Å². The van der Waals surface area contributed by atoms with Gasteiger partial charge in [0, 0.05) is 10.5 Å². The summed E-state index contributed by atoms with van der Waals surface area (Å²) in [5, 5.41) is 9.62. The summed E-state index contributed by atoms with van der Waals surface area (Å²) in [6, 6.07) is 8.27. The summed E-state index contributed by atoms with van der Waals surface area (Å²) >= 11 is 3.57. The van der Waals surface area contributed by atoms with Crippen molar-refractivity contribution in [3.8, 4) is 0 Å². The summed E-state index contributed by atoms with van der Waals surface area (Å²) in [6.45, 7) is 5.11. The molecule has 1 aromatic carbocycles. The van der Waals surface area contributed by atoms with Gasteiger partial charge in [-0.25, -0.2) is 0 Å². The van der Waals surface area contributed by atoms with Crippen LogP contribution in [0.4, 0.5) is 0 Å². The molecule has 4 heteroatoms. The lowest BCUT2D eigenvalue weighted by Crippen LogP contribution is -2.38. The number of benzene rings is 1. The van der Waals surface area contributed by atoms with Crippen LogP contribution in [0.2, 0.25) is 0 Å². The van der Waals surface area contributed by atoms with Gasteiger partial charge in [0.1, 0.15) is 0 Å². The highest BCUT2D eigenvalue weighted by molar-refractivity contribution is 9.10. The Morgan fingerprint density at radius 2 is 2.00 bits per heavy atom. The van der Waals surface area contributed by atoms with Crippen molar-refractivity contribution in [3.05, 3.63) is 34.3 Å². The third-order valence-electron chi connectivity index (χ3n) is 4.38. The van der Waals surface area contributed by atoms with E-state index in [2.05, 4.69) is 26.9 Å². The number of aliphatic hydroxyl groups is 1. The van der Waals surface area contributed by atoms with Gasteiger partial charge in [-0.1, -0.05) is 34.1 Å². The summed E-state index contributed by atoms with van der Waals surface area (Å²) in [5.74, 6) is 0.475. The number of piperidine rings is 1. The van der Waals surface area contributed by atoms with Crippen LogP contribution < -0.4 is 5.73 Å². The van der Waals surface area contributed by atoms with Crippen LogP contribution in [0.3, 0.4) is 0 Å². The quantitative estimate of drug-likeness (QED) is 0.866. The molecule has 0 radical (unpaired) electrons. The van der Waals surface area contributed by atoms with Crippen molar-refractivity contribution in [3.63, 3.8) is 0 Å². The molecule has 0 aliphatic carbocycles. The molecule has 3 nitrogen and oxygen atoms in total. The minimum atomic E-state index is -0.167. The van der Waals surface area contributed by atoms with E-state index in [1.807, 2.05) is 25.1 Å². The highest BCUT2D eigenvalue weighted by Crippen LogP contribution is 2.25. The number of hydrogen-bond acceptors (Lipinski definition) is 3. The van der Waals surface area contributed by atoms with Gasteiger partial charge in [0.2, 0.25) is 0 Å². The fourth-order valence-corrected chi connectivity index (χ4v) is 3.49. The summed E-state index contributed by atoms with van der Waals surface area (Å²) in [5.41, 5.74) is 7.48. The van der Waals surface area contributed by atoms with Crippen LogP contribution in [0, 0.1) is 5.92 Å². The highest BCUT2D eigenvalue weighted by atomic mass is 79.9. The molecule has 2 rings (SSSR count). The Morgan fingerprint density at radius 3 is 2.60 bits per heavy atom. The molecular formula is C16H25BrN2O. The van der Waals surface area contributed by atoms with Gasteiger partial charge in [0.05, 0.1) is 6.10 Å². The maximum absolute atomic E-state index is 9.62. The lowest BCUT2D eigenvalue weighted by molar-refractivity contribution is 0.0709. The van der Waals surface area contributed by atoms with Gasteiger partial charge in [0.15, 0.2) is 0 Å². The average molecular weight is 341 g/mol. The summed E-state index contributed by atoms with van der Waals surface area (Å²) in [4.78, 5) is 2.47. The van der Waals surface area contributed by atoms with Crippen LogP contribution in [-0.4, -0.2) is 35.7 Å². The molecule has 1 aliphatic rings. The second-order valence-corrected chi connectivity index (χ2v) is 6.69. The third kappa shape index (κ3) is 4.29. The zero-order valence-corrected chi connectivity index (χ0v) is 13.7. The van der Waals surface area contributed by atoms with E-state index >= 15 is 0 Å².